The average molecular weight is 331 g/mol. The van der Waals surface area contributed by atoms with Crippen LogP contribution in [0.15, 0.2) is 47.5 Å². The number of pyridine rings is 2. The maximum atomic E-state index is 12.0. The van der Waals surface area contributed by atoms with E-state index < -0.39 is 0 Å². The summed E-state index contributed by atoms with van der Waals surface area (Å²) < 4.78 is 0.780. The molecule has 0 spiro atoms. The largest absolute Gasteiger partial charge is 0.348 e. The summed E-state index contributed by atoms with van der Waals surface area (Å²) in [6, 6.07) is 5.58. The third kappa shape index (κ3) is 2.55. The number of rotatable bonds is 3. The van der Waals surface area contributed by atoms with E-state index in [1.54, 1.807) is 24.7 Å². The van der Waals surface area contributed by atoms with Crippen LogP contribution in [-0.4, -0.2) is 20.9 Å². The summed E-state index contributed by atoms with van der Waals surface area (Å²) in [5.41, 5.74) is 2.37. The minimum atomic E-state index is -0.153. The number of fused-ring (bicyclic) bond motifs is 1. The highest BCUT2D eigenvalue weighted by Crippen LogP contribution is 2.15. The molecular weight excluding hydrogens is 320 g/mol. The Hall–Kier alpha value is -2.21. The van der Waals surface area contributed by atoms with Crippen molar-refractivity contribution in [3.05, 3.63) is 58.6 Å². The van der Waals surface area contributed by atoms with Gasteiger partial charge in [0.15, 0.2) is 0 Å². The van der Waals surface area contributed by atoms with Crippen LogP contribution in [0.1, 0.15) is 15.9 Å². The fourth-order valence-electron chi connectivity index (χ4n) is 1.99. The maximum Gasteiger partial charge on any atom is 0.253 e. The van der Waals surface area contributed by atoms with Gasteiger partial charge in [-0.3, -0.25) is 9.78 Å². The number of H-pyrrole nitrogens is 1. The second-order valence-electron chi connectivity index (χ2n) is 4.28. The smallest absolute Gasteiger partial charge is 0.253 e. The Balaban J connectivity index is 1.76. The lowest BCUT2D eigenvalue weighted by atomic mass is 10.2. The predicted molar refractivity (Wildman–Crippen MR) is 79.2 cm³/mol. The van der Waals surface area contributed by atoms with Crippen molar-refractivity contribution >= 4 is 32.9 Å². The highest BCUT2D eigenvalue weighted by molar-refractivity contribution is 9.10. The van der Waals surface area contributed by atoms with E-state index in [-0.39, 0.29) is 5.91 Å². The molecule has 5 nitrogen and oxygen atoms in total. The summed E-state index contributed by atoms with van der Waals surface area (Å²) in [5.74, 6) is -0.153. The first-order chi connectivity index (χ1) is 9.74. The quantitative estimate of drug-likeness (QED) is 0.775. The number of carbonyl (C=O) groups is 1. The Labute approximate surface area is 123 Å². The van der Waals surface area contributed by atoms with E-state index in [0.29, 0.717) is 12.1 Å². The molecule has 6 heteroatoms. The van der Waals surface area contributed by atoms with E-state index in [9.17, 15) is 4.79 Å². The molecule has 0 aliphatic heterocycles. The third-order valence-corrected chi connectivity index (χ3v) is 3.39. The van der Waals surface area contributed by atoms with Crippen molar-refractivity contribution < 1.29 is 4.79 Å². The van der Waals surface area contributed by atoms with Crippen molar-refractivity contribution in [2.45, 2.75) is 6.54 Å². The van der Waals surface area contributed by atoms with Gasteiger partial charge in [-0.05, 0) is 39.7 Å². The first-order valence-electron chi connectivity index (χ1n) is 6.04. The van der Waals surface area contributed by atoms with Crippen molar-refractivity contribution in [2.75, 3.05) is 0 Å². The topological polar surface area (TPSA) is 70.7 Å². The molecule has 3 aromatic heterocycles. The van der Waals surface area contributed by atoms with Gasteiger partial charge in [-0.25, -0.2) is 4.98 Å². The number of aromatic amines is 1. The highest BCUT2D eigenvalue weighted by atomic mass is 79.9. The Morgan fingerprint density at radius 2 is 2.25 bits per heavy atom. The van der Waals surface area contributed by atoms with E-state index in [2.05, 4.69) is 36.2 Å². The normalized spacial score (nSPS) is 10.7. The summed E-state index contributed by atoms with van der Waals surface area (Å²) in [6.07, 6.45) is 6.74. The average Bonchev–Trinajstić information content (AvgIpc) is 2.93. The lowest BCUT2D eigenvalue weighted by Gasteiger charge is -2.06. The summed E-state index contributed by atoms with van der Waals surface area (Å²) >= 11 is 3.30. The lowest BCUT2D eigenvalue weighted by molar-refractivity contribution is 0.0950. The summed E-state index contributed by atoms with van der Waals surface area (Å²) in [4.78, 5) is 23.3. The number of carbonyl (C=O) groups excluding carboxylic acids is 1. The molecule has 0 saturated heterocycles. The first kappa shape index (κ1) is 12.8. The van der Waals surface area contributed by atoms with Crippen LogP contribution in [-0.2, 0) is 6.54 Å². The molecular formula is C14H11BrN4O. The van der Waals surface area contributed by atoms with Gasteiger partial charge in [0.25, 0.3) is 5.91 Å². The van der Waals surface area contributed by atoms with Gasteiger partial charge in [0, 0.05) is 41.2 Å². The molecule has 20 heavy (non-hydrogen) atoms. The SMILES string of the molecule is O=C(NCc1ccnc2[nH]ccc12)c1cncc(Br)c1. The molecule has 3 rings (SSSR count). The van der Waals surface area contributed by atoms with Gasteiger partial charge in [-0.1, -0.05) is 0 Å². The predicted octanol–water partition coefficient (Wildman–Crippen LogP) is 2.65. The number of amides is 1. The minimum Gasteiger partial charge on any atom is -0.348 e. The van der Waals surface area contributed by atoms with Crippen LogP contribution < -0.4 is 5.32 Å². The molecule has 1 amide bonds. The fourth-order valence-corrected chi connectivity index (χ4v) is 2.35. The minimum absolute atomic E-state index is 0.153. The van der Waals surface area contributed by atoms with Crippen molar-refractivity contribution in [2.24, 2.45) is 0 Å². The highest BCUT2D eigenvalue weighted by Gasteiger charge is 2.08. The molecule has 0 radical (unpaired) electrons. The van der Waals surface area contributed by atoms with Gasteiger partial charge in [0.05, 0.1) is 5.56 Å². The van der Waals surface area contributed by atoms with Crippen molar-refractivity contribution in [3.8, 4) is 0 Å². The van der Waals surface area contributed by atoms with Gasteiger partial charge in [0.2, 0.25) is 0 Å². The molecule has 3 heterocycles. The van der Waals surface area contributed by atoms with Crippen molar-refractivity contribution in [1.82, 2.24) is 20.3 Å². The number of aromatic nitrogens is 3. The number of hydrogen-bond acceptors (Lipinski definition) is 3. The van der Waals surface area contributed by atoms with Crippen LogP contribution in [0.2, 0.25) is 0 Å². The zero-order valence-corrected chi connectivity index (χ0v) is 12.0. The van der Waals surface area contributed by atoms with Crippen LogP contribution in [0.5, 0.6) is 0 Å². The van der Waals surface area contributed by atoms with Crippen LogP contribution >= 0.6 is 15.9 Å². The molecule has 3 aromatic rings. The van der Waals surface area contributed by atoms with E-state index in [0.717, 1.165) is 21.1 Å². The van der Waals surface area contributed by atoms with Gasteiger partial charge >= 0.3 is 0 Å². The zero-order valence-electron chi connectivity index (χ0n) is 10.4. The fraction of sp³-hybridized carbons (Fsp3) is 0.0714. The molecule has 0 atom stereocenters. The Kier molecular flexibility index (Phi) is 3.47. The summed E-state index contributed by atoms with van der Waals surface area (Å²) in [7, 11) is 0. The summed E-state index contributed by atoms with van der Waals surface area (Å²) in [6.45, 7) is 0.447. The molecule has 0 fully saturated rings. The number of nitrogens with zero attached hydrogens (tertiary/aromatic N) is 2. The molecule has 2 N–H and O–H groups in total. The van der Waals surface area contributed by atoms with E-state index in [4.69, 9.17) is 0 Å². The standard InChI is InChI=1S/C14H11BrN4O/c15-11-5-10(6-16-8-11)14(20)19-7-9-1-3-17-13-12(9)2-4-18-13/h1-6,8H,7H2,(H,17,18)(H,19,20). The second-order valence-corrected chi connectivity index (χ2v) is 5.20. The molecule has 0 aliphatic rings. The number of hydrogen-bond donors (Lipinski definition) is 2. The monoisotopic (exact) mass is 330 g/mol. The van der Waals surface area contributed by atoms with E-state index in [1.807, 2.05) is 18.3 Å². The molecule has 0 bridgehead atoms. The van der Waals surface area contributed by atoms with Crippen LogP contribution in [0.4, 0.5) is 0 Å². The maximum absolute atomic E-state index is 12.0. The molecule has 0 saturated carbocycles. The molecule has 0 aromatic carbocycles. The molecule has 0 aliphatic carbocycles. The van der Waals surface area contributed by atoms with Crippen LogP contribution in [0.3, 0.4) is 0 Å². The van der Waals surface area contributed by atoms with Crippen molar-refractivity contribution in [3.63, 3.8) is 0 Å². The lowest BCUT2D eigenvalue weighted by Crippen LogP contribution is -2.23. The van der Waals surface area contributed by atoms with E-state index >= 15 is 0 Å². The van der Waals surface area contributed by atoms with Gasteiger partial charge in [-0.2, -0.15) is 0 Å². The molecule has 100 valence electrons. The van der Waals surface area contributed by atoms with Crippen LogP contribution in [0, 0.1) is 0 Å². The summed E-state index contributed by atoms with van der Waals surface area (Å²) in [5, 5.41) is 3.90. The Bertz CT molecular complexity index is 768. The number of halogens is 1. The van der Waals surface area contributed by atoms with Crippen molar-refractivity contribution in [1.29, 1.82) is 0 Å². The first-order valence-corrected chi connectivity index (χ1v) is 6.83. The van der Waals surface area contributed by atoms with Gasteiger partial charge in [0.1, 0.15) is 5.65 Å². The zero-order chi connectivity index (χ0) is 13.9. The Morgan fingerprint density at radius 3 is 3.10 bits per heavy atom. The Morgan fingerprint density at radius 1 is 1.35 bits per heavy atom. The second kappa shape index (κ2) is 5.42. The van der Waals surface area contributed by atoms with E-state index in [1.165, 1.54) is 0 Å². The third-order valence-electron chi connectivity index (χ3n) is 2.96. The number of nitrogens with one attached hydrogen (secondary N) is 2. The van der Waals surface area contributed by atoms with Crippen LogP contribution in [0.25, 0.3) is 11.0 Å². The van der Waals surface area contributed by atoms with Gasteiger partial charge in [-0.15, -0.1) is 0 Å². The van der Waals surface area contributed by atoms with Gasteiger partial charge < -0.3 is 10.3 Å². The molecule has 0 unspecified atom stereocenters.